The van der Waals surface area contributed by atoms with Crippen molar-refractivity contribution in [2.24, 2.45) is 11.3 Å². The number of nitrogens with one attached hydrogen (secondary N) is 2. The molecular weight excluding hydrogens is 275 g/mol. The Morgan fingerprint density at radius 3 is 2.67 bits per heavy atom. The highest BCUT2D eigenvalue weighted by molar-refractivity contribution is 5.97. The number of rotatable bonds is 4. The summed E-state index contributed by atoms with van der Waals surface area (Å²) in [5.41, 5.74) is -0.743. The van der Waals surface area contributed by atoms with Crippen molar-refractivity contribution in [1.29, 1.82) is 0 Å². The van der Waals surface area contributed by atoms with E-state index in [9.17, 15) is 14.0 Å². The van der Waals surface area contributed by atoms with E-state index in [2.05, 4.69) is 10.6 Å². The number of aromatic carboxylic acids is 1. The van der Waals surface area contributed by atoms with Crippen molar-refractivity contribution in [3.63, 3.8) is 0 Å². The second kappa shape index (κ2) is 5.81. The molecule has 0 aromatic heterocycles. The first-order chi connectivity index (χ1) is 9.86. The van der Waals surface area contributed by atoms with E-state index in [1.165, 1.54) is 6.07 Å². The molecule has 21 heavy (non-hydrogen) atoms. The Morgan fingerprint density at radius 2 is 2.14 bits per heavy atom. The van der Waals surface area contributed by atoms with Gasteiger partial charge >= 0.3 is 5.97 Å². The fourth-order valence-corrected chi connectivity index (χ4v) is 2.66. The van der Waals surface area contributed by atoms with Gasteiger partial charge in [0.1, 0.15) is 5.82 Å². The summed E-state index contributed by atoms with van der Waals surface area (Å²) >= 11 is 0. The van der Waals surface area contributed by atoms with Crippen LogP contribution in [0.15, 0.2) is 18.2 Å². The van der Waals surface area contributed by atoms with Crippen molar-refractivity contribution in [2.45, 2.75) is 20.3 Å². The van der Waals surface area contributed by atoms with Crippen LogP contribution in [0.25, 0.3) is 0 Å². The number of anilines is 1. The average molecular weight is 294 g/mol. The van der Waals surface area contributed by atoms with Crippen LogP contribution in [0.4, 0.5) is 10.1 Å². The topological polar surface area (TPSA) is 78.4 Å². The molecule has 6 heteroatoms. The number of amides is 1. The molecule has 5 nitrogen and oxygen atoms in total. The lowest BCUT2D eigenvalue weighted by atomic mass is 9.75. The third-order valence-corrected chi connectivity index (χ3v) is 4.21. The van der Waals surface area contributed by atoms with Crippen LogP contribution in [0.5, 0.6) is 0 Å². The van der Waals surface area contributed by atoms with E-state index in [0.717, 1.165) is 18.7 Å². The lowest BCUT2D eigenvalue weighted by Crippen LogP contribution is -2.42. The number of carboxylic acid groups (broad SMARTS) is 1. The SMILES string of the molecule is CC(C)C1(C(=O)Nc2cc(C(=O)O)ccc2F)CCNC1. The van der Waals surface area contributed by atoms with E-state index in [1.807, 2.05) is 13.8 Å². The van der Waals surface area contributed by atoms with Gasteiger partial charge in [-0.25, -0.2) is 9.18 Å². The number of carbonyl (C=O) groups excluding carboxylic acids is 1. The highest BCUT2D eigenvalue weighted by Crippen LogP contribution is 2.35. The van der Waals surface area contributed by atoms with Gasteiger partial charge in [0.2, 0.25) is 5.91 Å². The number of halogens is 1. The minimum atomic E-state index is -1.16. The summed E-state index contributed by atoms with van der Waals surface area (Å²) in [5, 5.41) is 14.6. The molecule has 1 atom stereocenters. The van der Waals surface area contributed by atoms with Gasteiger partial charge in [-0.1, -0.05) is 13.8 Å². The molecule has 1 aliphatic rings. The van der Waals surface area contributed by atoms with Crippen molar-refractivity contribution >= 4 is 17.6 Å². The Labute approximate surface area is 122 Å². The molecule has 1 heterocycles. The summed E-state index contributed by atoms with van der Waals surface area (Å²) in [6, 6.07) is 3.36. The molecule has 0 aliphatic carbocycles. The van der Waals surface area contributed by atoms with E-state index in [1.54, 1.807) is 0 Å². The van der Waals surface area contributed by atoms with Gasteiger partial charge in [-0.15, -0.1) is 0 Å². The second-order valence-corrected chi connectivity index (χ2v) is 5.69. The van der Waals surface area contributed by atoms with Crippen LogP contribution in [-0.2, 0) is 4.79 Å². The molecule has 3 N–H and O–H groups in total. The predicted molar refractivity (Wildman–Crippen MR) is 76.7 cm³/mol. The van der Waals surface area contributed by atoms with E-state index in [4.69, 9.17) is 5.11 Å². The van der Waals surface area contributed by atoms with E-state index < -0.39 is 17.2 Å². The molecule has 1 saturated heterocycles. The fourth-order valence-electron chi connectivity index (χ4n) is 2.66. The lowest BCUT2D eigenvalue weighted by Gasteiger charge is -2.31. The Hall–Kier alpha value is -1.95. The third kappa shape index (κ3) is 2.90. The van der Waals surface area contributed by atoms with Crippen molar-refractivity contribution in [3.05, 3.63) is 29.6 Å². The summed E-state index contributed by atoms with van der Waals surface area (Å²) in [6.45, 7) is 5.19. The Bertz CT molecular complexity index is 566. The third-order valence-electron chi connectivity index (χ3n) is 4.21. The summed E-state index contributed by atoms with van der Waals surface area (Å²) in [7, 11) is 0. The molecule has 1 amide bonds. The number of carbonyl (C=O) groups is 2. The van der Waals surface area contributed by atoms with E-state index >= 15 is 0 Å². The number of benzene rings is 1. The van der Waals surface area contributed by atoms with Gasteiger partial charge < -0.3 is 15.7 Å². The molecule has 1 aromatic rings. The van der Waals surface area contributed by atoms with E-state index in [-0.39, 0.29) is 23.1 Å². The Kier molecular flexibility index (Phi) is 4.27. The van der Waals surface area contributed by atoms with Crippen LogP contribution in [0.2, 0.25) is 0 Å². The van der Waals surface area contributed by atoms with Crippen LogP contribution >= 0.6 is 0 Å². The molecule has 1 aliphatic heterocycles. The van der Waals surface area contributed by atoms with Crippen molar-refractivity contribution in [1.82, 2.24) is 5.32 Å². The first-order valence-corrected chi connectivity index (χ1v) is 6.92. The molecule has 0 saturated carbocycles. The van der Waals surface area contributed by atoms with Crippen LogP contribution in [-0.4, -0.2) is 30.1 Å². The van der Waals surface area contributed by atoms with Gasteiger partial charge in [-0.05, 0) is 37.1 Å². The fraction of sp³-hybridized carbons (Fsp3) is 0.467. The normalized spacial score (nSPS) is 21.5. The monoisotopic (exact) mass is 294 g/mol. The maximum absolute atomic E-state index is 13.8. The predicted octanol–water partition coefficient (Wildman–Crippen LogP) is 2.10. The van der Waals surface area contributed by atoms with Gasteiger partial charge in [0.15, 0.2) is 0 Å². The van der Waals surface area contributed by atoms with Crippen molar-refractivity contribution in [3.8, 4) is 0 Å². The lowest BCUT2D eigenvalue weighted by molar-refractivity contribution is -0.126. The Balaban J connectivity index is 2.26. The van der Waals surface area contributed by atoms with Crippen LogP contribution in [0.1, 0.15) is 30.6 Å². The summed E-state index contributed by atoms with van der Waals surface area (Å²) in [5.74, 6) is -1.98. The van der Waals surface area contributed by atoms with Gasteiger partial charge in [0.05, 0.1) is 16.7 Å². The molecule has 0 spiro atoms. The first-order valence-electron chi connectivity index (χ1n) is 6.92. The van der Waals surface area contributed by atoms with Gasteiger partial charge in [-0.2, -0.15) is 0 Å². The molecule has 2 rings (SSSR count). The number of hydrogen-bond acceptors (Lipinski definition) is 3. The molecule has 0 radical (unpaired) electrons. The zero-order chi connectivity index (χ0) is 15.6. The van der Waals surface area contributed by atoms with Crippen LogP contribution < -0.4 is 10.6 Å². The average Bonchev–Trinajstić information content (AvgIpc) is 2.91. The van der Waals surface area contributed by atoms with Crippen LogP contribution in [0.3, 0.4) is 0 Å². The molecule has 1 fully saturated rings. The standard InChI is InChI=1S/C15H19FN2O3/c1-9(2)15(5-6-17-8-15)14(21)18-12-7-10(13(19)20)3-4-11(12)16/h3-4,7,9,17H,5-6,8H2,1-2H3,(H,18,21)(H,19,20). The first kappa shape index (κ1) is 15.4. The molecule has 0 bridgehead atoms. The molecule has 1 aromatic carbocycles. The maximum atomic E-state index is 13.8. The van der Waals surface area contributed by atoms with Crippen molar-refractivity contribution < 1.29 is 19.1 Å². The highest BCUT2D eigenvalue weighted by atomic mass is 19.1. The summed E-state index contributed by atoms with van der Waals surface area (Å²) in [4.78, 5) is 23.5. The zero-order valence-corrected chi connectivity index (χ0v) is 12.1. The van der Waals surface area contributed by atoms with Gasteiger partial charge in [0, 0.05) is 6.54 Å². The second-order valence-electron chi connectivity index (χ2n) is 5.69. The van der Waals surface area contributed by atoms with Gasteiger partial charge in [-0.3, -0.25) is 4.79 Å². The summed E-state index contributed by atoms with van der Waals surface area (Å²) < 4.78 is 13.8. The van der Waals surface area contributed by atoms with Crippen molar-refractivity contribution in [2.75, 3.05) is 18.4 Å². The zero-order valence-electron chi connectivity index (χ0n) is 12.1. The minimum Gasteiger partial charge on any atom is -0.478 e. The Morgan fingerprint density at radius 1 is 1.43 bits per heavy atom. The summed E-state index contributed by atoms with van der Waals surface area (Å²) in [6.07, 6.45) is 0.677. The van der Waals surface area contributed by atoms with Gasteiger partial charge in [0.25, 0.3) is 0 Å². The largest absolute Gasteiger partial charge is 0.478 e. The molecular formula is C15H19FN2O3. The van der Waals surface area contributed by atoms with Crippen LogP contribution in [0, 0.1) is 17.2 Å². The molecule has 114 valence electrons. The highest BCUT2D eigenvalue weighted by Gasteiger charge is 2.44. The quantitative estimate of drug-likeness (QED) is 0.794. The smallest absolute Gasteiger partial charge is 0.335 e. The van der Waals surface area contributed by atoms with E-state index in [0.29, 0.717) is 13.0 Å². The maximum Gasteiger partial charge on any atom is 0.335 e. The molecule has 1 unspecified atom stereocenters. The minimum absolute atomic E-state index is 0.0603. The number of hydrogen-bond donors (Lipinski definition) is 3. The number of carboxylic acids is 1.